The van der Waals surface area contributed by atoms with Crippen LogP contribution in [0.25, 0.3) is 27.1 Å². The van der Waals surface area contributed by atoms with E-state index in [9.17, 15) is 9.18 Å². The van der Waals surface area contributed by atoms with Crippen LogP contribution in [0.1, 0.15) is 19.3 Å². The highest BCUT2D eigenvalue weighted by Crippen LogP contribution is 2.35. The van der Waals surface area contributed by atoms with Gasteiger partial charge in [-0.25, -0.2) is 9.37 Å². The maximum atomic E-state index is 13.3. The van der Waals surface area contributed by atoms with Crippen molar-refractivity contribution in [3.8, 4) is 11.3 Å². The Morgan fingerprint density at radius 3 is 2.79 bits per heavy atom. The highest BCUT2D eigenvalue weighted by Gasteiger charge is 2.24. The third-order valence-electron chi connectivity index (χ3n) is 5.36. The molecule has 0 bridgehead atoms. The van der Waals surface area contributed by atoms with E-state index < -0.39 is 0 Å². The fraction of sp³-hybridized carbons (Fsp3) is 0.174. The van der Waals surface area contributed by atoms with Gasteiger partial charge in [-0.3, -0.25) is 4.79 Å². The van der Waals surface area contributed by atoms with Crippen molar-refractivity contribution in [1.82, 2.24) is 24.8 Å². The quantitative estimate of drug-likeness (QED) is 0.352. The van der Waals surface area contributed by atoms with Crippen LogP contribution in [0, 0.1) is 11.7 Å². The average molecular weight is 477 g/mol. The molecule has 0 atom stereocenters. The summed E-state index contributed by atoms with van der Waals surface area (Å²) in [5, 5.41) is 17.3. The van der Waals surface area contributed by atoms with Crippen LogP contribution in [0.15, 0.2) is 64.6 Å². The van der Waals surface area contributed by atoms with Crippen molar-refractivity contribution >= 4 is 50.0 Å². The van der Waals surface area contributed by atoms with Crippen molar-refractivity contribution in [1.29, 1.82) is 0 Å². The molecule has 5 aromatic rings. The summed E-state index contributed by atoms with van der Waals surface area (Å²) in [5.74, 6) is 0.283. The lowest BCUT2D eigenvalue weighted by Crippen LogP contribution is -2.11. The van der Waals surface area contributed by atoms with Gasteiger partial charge in [0.25, 0.3) is 0 Å². The first-order valence-corrected chi connectivity index (χ1v) is 12.1. The van der Waals surface area contributed by atoms with Crippen molar-refractivity contribution in [2.45, 2.75) is 29.3 Å². The monoisotopic (exact) mass is 476 g/mol. The Bertz CT molecular complexity index is 1490. The van der Waals surface area contributed by atoms with Crippen molar-refractivity contribution in [3.63, 3.8) is 0 Å². The SMILES string of the molecule is O=C(CC1CC1)Nc1nc2ccc(Sc3nnc4ccc(-c5ccc(F)cc5)nn34)cc2s1. The van der Waals surface area contributed by atoms with Crippen LogP contribution in [0.3, 0.4) is 0 Å². The van der Waals surface area contributed by atoms with E-state index >= 15 is 0 Å². The standard InChI is InChI=1S/C23H17FN6OS2/c24-15-5-3-14(4-6-15)17-9-10-20-27-28-23(30(20)29-17)32-16-7-8-18-19(12-16)33-22(25-18)26-21(31)11-13-1-2-13/h3-10,12-13H,1-2,11H2,(H,25,26,31). The zero-order valence-electron chi connectivity index (χ0n) is 17.2. The van der Waals surface area contributed by atoms with E-state index in [2.05, 4.69) is 25.6 Å². The Morgan fingerprint density at radius 1 is 1.12 bits per heavy atom. The van der Waals surface area contributed by atoms with Gasteiger partial charge in [0.2, 0.25) is 11.1 Å². The largest absolute Gasteiger partial charge is 0.302 e. The predicted molar refractivity (Wildman–Crippen MR) is 126 cm³/mol. The number of nitrogens with one attached hydrogen (secondary N) is 1. The Balaban J connectivity index is 1.25. The first-order valence-electron chi connectivity index (χ1n) is 10.5. The second-order valence-corrected chi connectivity index (χ2v) is 10.00. The second kappa shape index (κ2) is 8.20. The lowest BCUT2D eigenvalue weighted by atomic mass is 10.1. The van der Waals surface area contributed by atoms with Crippen LogP contribution in [-0.4, -0.2) is 30.7 Å². The predicted octanol–water partition coefficient (Wildman–Crippen LogP) is 5.43. The summed E-state index contributed by atoms with van der Waals surface area (Å²) in [4.78, 5) is 17.6. The fourth-order valence-corrected chi connectivity index (χ4v) is 5.31. The van der Waals surface area contributed by atoms with E-state index in [1.807, 2.05) is 30.3 Å². The topological polar surface area (TPSA) is 85.1 Å². The third kappa shape index (κ3) is 4.31. The van der Waals surface area contributed by atoms with Gasteiger partial charge in [-0.2, -0.15) is 9.61 Å². The number of aromatic nitrogens is 5. The number of nitrogens with zero attached hydrogens (tertiary/aromatic N) is 5. The van der Waals surface area contributed by atoms with Gasteiger partial charge in [-0.05, 0) is 85.1 Å². The van der Waals surface area contributed by atoms with E-state index in [0.29, 0.717) is 34.0 Å². The number of rotatable bonds is 6. The number of hydrogen-bond donors (Lipinski definition) is 1. The summed E-state index contributed by atoms with van der Waals surface area (Å²) in [5.41, 5.74) is 2.98. The molecule has 0 saturated heterocycles. The number of fused-ring (bicyclic) bond motifs is 2. The number of carbonyl (C=O) groups is 1. The maximum absolute atomic E-state index is 13.3. The molecule has 1 aliphatic rings. The smallest absolute Gasteiger partial charge is 0.226 e. The minimum atomic E-state index is -0.288. The second-order valence-electron chi connectivity index (χ2n) is 7.92. The van der Waals surface area contributed by atoms with Gasteiger partial charge in [0.1, 0.15) is 5.82 Å². The molecule has 7 nitrogen and oxygen atoms in total. The Hall–Kier alpha value is -3.37. The lowest BCUT2D eigenvalue weighted by Gasteiger charge is -2.03. The van der Waals surface area contributed by atoms with Gasteiger partial charge in [0.15, 0.2) is 10.8 Å². The van der Waals surface area contributed by atoms with Gasteiger partial charge >= 0.3 is 0 Å². The number of amides is 1. The number of carbonyl (C=O) groups excluding carboxylic acids is 1. The van der Waals surface area contributed by atoms with Crippen LogP contribution in [0.2, 0.25) is 0 Å². The zero-order chi connectivity index (χ0) is 22.4. The highest BCUT2D eigenvalue weighted by molar-refractivity contribution is 7.99. The third-order valence-corrected chi connectivity index (χ3v) is 7.22. The molecule has 1 N–H and O–H groups in total. The molecule has 0 aliphatic heterocycles. The van der Waals surface area contributed by atoms with E-state index in [1.54, 1.807) is 16.6 Å². The first kappa shape index (κ1) is 20.3. The summed E-state index contributed by atoms with van der Waals surface area (Å²) in [7, 11) is 0. The molecule has 6 rings (SSSR count). The Morgan fingerprint density at radius 2 is 1.97 bits per heavy atom. The number of thiazole rings is 1. The lowest BCUT2D eigenvalue weighted by molar-refractivity contribution is -0.116. The molecule has 3 heterocycles. The highest BCUT2D eigenvalue weighted by atomic mass is 32.2. The first-order chi connectivity index (χ1) is 16.1. The van der Waals surface area contributed by atoms with E-state index in [-0.39, 0.29) is 11.7 Å². The van der Waals surface area contributed by atoms with Crippen LogP contribution in [0.4, 0.5) is 9.52 Å². The van der Waals surface area contributed by atoms with Gasteiger partial charge in [-0.15, -0.1) is 10.2 Å². The normalized spacial score (nSPS) is 13.6. The van der Waals surface area contributed by atoms with E-state index in [1.165, 1.54) is 35.2 Å². The van der Waals surface area contributed by atoms with Crippen molar-refractivity contribution < 1.29 is 9.18 Å². The van der Waals surface area contributed by atoms with Gasteiger partial charge in [0.05, 0.1) is 15.9 Å². The van der Waals surface area contributed by atoms with Gasteiger partial charge in [-0.1, -0.05) is 11.3 Å². The summed E-state index contributed by atoms with van der Waals surface area (Å²) in [6.45, 7) is 0. The van der Waals surface area contributed by atoms with Gasteiger partial charge in [0, 0.05) is 16.9 Å². The Kier molecular flexibility index (Phi) is 5.03. The molecule has 1 fully saturated rings. The number of anilines is 1. The zero-order valence-corrected chi connectivity index (χ0v) is 18.9. The summed E-state index contributed by atoms with van der Waals surface area (Å²) in [6, 6.07) is 15.8. The molecule has 3 aromatic heterocycles. The molecular weight excluding hydrogens is 459 g/mol. The molecule has 10 heteroatoms. The maximum Gasteiger partial charge on any atom is 0.226 e. The van der Waals surface area contributed by atoms with Crippen molar-refractivity contribution in [3.05, 3.63) is 60.4 Å². The molecule has 33 heavy (non-hydrogen) atoms. The van der Waals surface area contributed by atoms with E-state index in [0.717, 1.165) is 33.5 Å². The minimum Gasteiger partial charge on any atom is -0.302 e. The summed E-state index contributed by atoms with van der Waals surface area (Å²) < 4.78 is 15.9. The minimum absolute atomic E-state index is 0.0316. The van der Waals surface area contributed by atoms with Crippen LogP contribution >= 0.6 is 23.1 Å². The molecule has 2 aromatic carbocycles. The molecule has 1 aliphatic carbocycles. The van der Waals surface area contributed by atoms with Crippen molar-refractivity contribution in [2.75, 3.05) is 5.32 Å². The van der Waals surface area contributed by atoms with Crippen LogP contribution < -0.4 is 5.32 Å². The molecule has 1 amide bonds. The molecule has 0 radical (unpaired) electrons. The number of halogens is 1. The van der Waals surface area contributed by atoms with Crippen LogP contribution in [-0.2, 0) is 4.79 Å². The fourth-order valence-electron chi connectivity index (χ4n) is 3.49. The molecule has 1 saturated carbocycles. The molecule has 0 spiro atoms. The number of hydrogen-bond acceptors (Lipinski definition) is 7. The van der Waals surface area contributed by atoms with Crippen molar-refractivity contribution in [2.24, 2.45) is 5.92 Å². The average Bonchev–Trinajstić information content (AvgIpc) is 3.39. The molecule has 164 valence electrons. The summed E-state index contributed by atoms with van der Waals surface area (Å²) in [6.07, 6.45) is 2.86. The summed E-state index contributed by atoms with van der Waals surface area (Å²) >= 11 is 2.90. The van der Waals surface area contributed by atoms with Crippen LogP contribution in [0.5, 0.6) is 0 Å². The van der Waals surface area contributed by atoms with Gasteiger partial charge < -0.3 is 5.32 Å². The Labute approximate surface area is 196 Å². The molecular formula is C23H17FN6OS2. The molecule has 0 unspecified atom stereocenters. The number of benzene rings is 2. The van der Waals surface area contributed by atoms with E-state index in [4.69, 9.17) is 0 Å².